The van der Waals surface area contributed by atoms with E-state index in [1.54, 1.807) is 14.2 Å². The minimum atomic E-state index is -2.23. The first kappa shape index (κ1) is 23.6. The Labute approximate surface area is 177 Å². The first-order chi connectivity index (χ1) is 12.0. The number of halogens is 4. The normalized spacial score (nSPS) is 11.8. The van der Waals surface area contributed by atoms with Crippen LogP contribution in [0.25, 0.3) is 0 Å². The maximum atomic E-state index is 12.3. The Morgan fingerprint density at radius 1 is 0.880 bits per heavy atom. The van der Waals surface area contributed by atoms with Crippen LogP contribution in [0.5, 0.6) is 23.0 Å². The summed E-state index contributed by atoms with van der Waals surface area (Å²) in [4.78, 5) is 0. The number of rotatable bonds is 12. The van der Waals surface area contributed by atoms with Crippen molar-refractivity contribution >= 4 is 57.0 Å². The van der Waals surface area contributed by atoms with Gasteiger partial charge in [0.1, 0.15) is 12.9 Å². The number of unbranched alkanes of at least 4 members (excludes halogenated alkanes) is 2. The van der Waals surface area contributed by atoms with Crippen molar-refractivity contribution in [3.8, 4) is 23.0 Å². The van der Waals surface area contributed by atoms with Gasteiger partial charge < -0.3 is 18.5 Å². The third kappa shape index (κ3) is 6.92. The fourth-order valence-electron chi connectivity index (χ4n) is 2.58. The molecule has 0 spiro atoms. The predicted octanol–water partition coefficient (Wildman–Crippen LogP) is 7.02. The number of methoxy groups -OCH3 is 2. The molecule has 0 radical (unpaired) electrons. The lowest BCUT2D eigenvalue weighted by Crippen LogP contribution is -2.03. The maximum Gasteiger partial charge on any atom is 0.238 e. The topological polar surface area (TPSA) is 36.9 Å². The van der Waals surface area contributed by atoms with Gasteiger partial charge in [-0.15, -0.1) is 0 Å². The second kappa shape index (κ2) is 12.9. The van der Waals surface area contributed by atoms with E-state index in [0.29, 0.717) is 35.8 Å². The van der Waals surface area contributed by atoms with Gasteiger partial charge in [0, 0.05) is 17.5 Å². The molecule has 0 aromatic heterocycles. The van der Waals surface area contributed by atoms with Crippen LogP contribution in [-0.4, -0.2) is 20.6 Å². The standard InChI is InChI=1S/C15H22F2I2O4P2/c1-9-10(7-5-4-6-8-11(16)17)13(23-25-19)15(21-3)14(20-2)12(9)22-24-18/h11,24-25H,4-8H2,1-3H3. The van der Waals surface area contributed by atoms with E-state index in [-0.39, 0.29) is 19.3 Å². The summed E-state index contributed by atoms with van der Waals surface area (Å²) in [6.45, 7) is 2.42. The molecule has 25 heavy (non-hydrogen) atoms. The van der Waals surface area contributed by atoms with E-state index in [4.69, 9.17) is 18.5 Å². The predicted molar refractivity (Wildman–Crippen MR) is 118 cm³/mol. The molecule has 0 bridgehead atoms. The van der Waals surface area contributed by atoms with Gasteiger partial charge in [-0.25, -0.2) is 8.78 Å². The van der Waals surface area contributed by atoms with E-state index in [2.05, 4.69) is 44.1 Å². The Hall–Kier alpha value is 0.600. The van der Waals surface area contributed by atoms with E-state index in [1.807, 2.05) is 6.92 Å². The van der Waals surface area contributed by atoms with Crippen molar-refractivity contribution in [2.75, 3.05) is 14.2 Å². The first-order valence-corrected chi connectivity index (χ1v) is 15.7. The van der Waals surface area contributed by atoms with Crippen molar-refractivity contribution in [2.24, 2.45) is 0 Å². The summed E-state index contributed by atoms with van der Waals surface area (Å²) in [5.74, 6) is 2.35. The lowest BCUT2D eigenvalue weighted by atomic mass is 9.98. The molecule has 0 amide bonds. The SMILES string of the molecule is COc1c(OPI)c(C)c(CCCCCC(F)F)c(OPI)c1OC. The molecule has 0 aliphatic carbocycles. The molecule has 0 N–H and O–H groups in total. The van der Waals surface area contributed by atoms with Crippen molar-refractivity contribution in [1.82, 2.24) is 0 Å². The number of hydrogen-bond acceptors (Lipinski definition) is 4. The Kier molecular flexibility index (Phi) is 12.2. The van der Waals surface area contributed by atoms with Crippen molar-refractivity contribution in [1.29, 1.82) is 0 Å². The van der Waals surface area contributed by atoms with Crippen molar-refractivity contribution in [3.63, 3.8) is 0 Å². The van der Waals surface area contributed by atoms with Crippen LogP contribution in [0.2, 0.25) is 0 Å². The van der Waals surface area contributed by atoms with Crippen LogP contribution in [0.4, 0.5) is 8.78 Å². The quantitative estimate of drug-likeness (QED) is 0.143. The molecular weight excluding hydrogens is 598 g/mol. The second-order valence-electron chi connectivity index (χ2n) is 5.18. The van der Waals surface area contributed by atoms with Crippen LogP contribution in [0.3, 0.4) is 0 Å². The fourth-order valence-corrected chi connectivity index (χ4v) is 4.52. The van der Waals surface area contributed by atoms with Crippen molar-refractivity contribution < 1.29 is 27.3 Å². The van der Waals surface area contributed by atoms with E-state index in [9.17, 15) is 8.78 Å². The highest BCUT2D eigenvalue weighted by Gasteiger charge is 2.26. The van der Waals surface area contributed by atoms with E-state index >= 15 is 0 Å². The van der Waals surface area contributed by atoms with E-state index in [1.165, 1.54) is 0 Å². The Morgan fingerprint density at radius 3 is 1.96 bits per heavy atom. The van der Waals surface area contributed by atoms with Gasteiger partial charge in [0.2, 0.25) is 17.9 Å². The fraction of sp³-hybridized carbons (Fsp3) is 0.600. The summed E-state index contributed by atoms with van der Waals surface area (Å²) in [6, 6.07) is 0. The number of benzene rings is 1. The molecule has 4 nitrogen and oxygen atoms in total. The third-order valence-corrected chi connectivity index (χ3v) is 5.61. The highest BCUT2D eigenvalue weighted by molar-refractivity contribution is 14.2. The maximum absolute atomic E-state index is 12.3. The monoisotopic (exact) mass is 620 g/mol. The van der Waals surface area contributed by atoms with Gasteiger partial charge in [0.15, 0.2) is 11.5 Å². The average molecular weight is 620 g/mol. The van der Waals surface area contributed by atoms with Crippen LogP contribution < -0.4 is 18.5 Å². The van der Waals surface area contributed by atoms with Crippen LogP contribution in [-0.2, 0) is 6.42 Å². The van der Waals surface area contributed by atoms with Crippen LogP contribution in [0.1, 0.15) is 36.8 Å². The third-order valence-electron chi connectivity index (χ3n) is 3.72. The van der Waals surface area contributed by atoms with E-state index in [0.717, 1.165) is 24.0 Å². The average Bonchev–Trinajstić information content (AvgIpc) is 2.58. The molecule has 0 saturated carbocycles. The Balaban J connectivity index is 3.16. The molecule has 0 fully saturated rings. The number of alkyl halides is 2. The van der Waals surface area contributed by atoms with Gasteiger partial charge in [-0.2, -0.15) is 0 Å². The summed E-state index contributed by atoms with van der Waals surface area (Å²) < 4.78 is 47.2. The van der Waals surface area contributed by atoms with Gasteiger partial charge in [0.05, 0.1) is 14.2 Å². The molecule has 144 valence electrons. The smallest absolute Gasteiger partial charge is 0.238 e. The zero-order chi connectivity index (χ0) is 18.8. The van der Waals surface area contributed by atoms with Crippen LogP contribution >= 0.6 is 57.0 Å². The molecule has 0 saturated heterocycles. The molecule has 1 rings (SSSR count). The van der Waals surface area contributed by atoms with Gasteiger partial charge in [-0.1, -0.05) is 6.42 Å². The molecule has 0 aliphatic heterocycles. The minimum absolute atomic E-state index is 0.0479. The molecule has 10 heteroatoms. The molecule has 1 aromatic carbocycles. The Morgan fingerprint density at radius 2 is 1.44 bits per heavy atom. The van der Waals surface area contributed by atoms with Gasteiger partial charge in [-0.3, -0.25) is 0 Å². The van der Waals surface area contributed by atoms with E-state index < -0.39 is 6.43 Å². The largest absolute Gasteiger partial charge is 0.490 e. The molecule has 1 aromatic rings. The second-order valence-corrected chi connectivity index (χ2v) is 8.54. The summed E-state index contributed by atoms with van der Waals surface area (Å²) in [5.41, 5.74) is 1.93. The zero-order valence-electron chi connectivity index (χ0n) is 14.3. The summed E-state index contributed by atoms with van der Waals surface area (Å²) in [5, 5.41) is 0. The highest BCUT2D eigenvalue weighted by Crippen LogP contribution is 2.53. The summed E-state index contributed by atoms with van der Waals surface area (Å²) >= 11 is 4.31. The molecular formula is C15H22F2I2O4P2. The summed E-state index contributed by atoms with van der Waals surface area (Å²) in [7, 11) is 3.14. The summed E-state index contributed by atoms with van der Waals surface area (Å²) in [6.07, 6.45) is 0.503. The molecule has 2 atom stereocenters. The minimum Gasteiger partial charge on any atom is -0.490 e. The van der Waals surface area contributed by atoms with Crippen LogP contribution in [0, 0.1) is 6.92 Å². The van der Waals surface area contributed by atoms with Crippen LogP contribution in [0.15, 0.2) is 0 Å². The van der Waals surface area contributed by atoms with Gasteiger partial charge in [-0.05, 0) is 70.3 Å². The first-order valence-electron chi connectivity index (χ1n) is 7.62. The lowest BCUT2D eigenvalue weighted by Gasteiger charge is -2.22. The van der Waals surface area contributed by atoms with Crippen molar-refractivity contribution in [3.05, 3.63) is 11.1 Å². The lowest BCUT2D eigenvalue weighted by molar-refractivity contribution is 0.134. The number of hydrogen-bond donors (Lipinski definition) is 0. The molecule has 2 unspecified atom stereocenters. The van der Waals surface area contributed by atoms with Gasteiger partial charge in [0.25, 0.3) is 0 Å². The molecule has 0 aliphatic rings. The number of ether oxygens (including phenoxy) is 2. The van der Waals surface area contributed by atoms with Crippen molar-refractivity contribution in [2.45, 2.75) is 45.5 Å². The van der Waals surface area contributed by atoms with Gasteiger partial charge >= 0.3 is 0 Å². The molecule has 0 heterocycles. The Bertz CT molecular complexity index is 551. The highest BCUT2D eigenvalue weighted by atomic mass is 127. The zero-order valence-corrected chi connectivity index (χ0v) is 20.6.